The van der Waals surface area contributed by atoms with E-state index in [0.717, 1.165) is 6.20 Å². The van der Waals surface area contributed by atoms with Gasteiger partial charge in [0.15, 0.2) is 0 Å². The van der Waals surface area contributed by atoms with Gasteiger partial charge in [0.05, 0.1) is 17.1 Å². The highest BCUT2D eigenvalue weighted by Gasteiger charge is 2.16. The van der Waals surface area contributed by atoms with E-state index in [1.807, 2.05) is 0 Å². The predicted octanol–water partition coefficient (Wildman–Crippen LogP) is 0.562. The molecule has 0 aromatic carbocycles. The van der Waals surface area contributed by atoms with Gasteiger partial charge < -0.3 is 5.11 Å². The van der Waals surface area contributed by atoms with Crippen molar-refractivity contribution in [2.45, 2.75) is 26.0 Å². The first kappa shape index (κ1) is 9.66. The second-order valence-electron chi connectivity index (χ2n) is 3.47. The Bertz CT molecular complexity index is 313. The van der Waals surface area contributed by atoms with Gasteiger partial charge in [0.2, 0.25) is 0 Å². The lowest BCUT2D eigenvalue weighted by Gasteiger charge is -2.15. The lowest BCUT2D eigenvalue weighted by molar-refractivity contribution is -0.385. The molecule has 0 amide bonds. The summed E-state index contributed by atoms with van der Waals surface area (Å²) in [5.41, 5.74) is -0.982. The third-order valence-corrected chi connectivity index (χ3v) is 1.38. The van der Waals surface area contributed by atoms with Crippen LogP contribution in [0.15, 0.2) is 12.4 Å². The molecule has 0 saturated carbocycles. The Kier molecular flexibility index (Phi) is 2.33. The van der Waals surface area contributed by atoms with E-state index in [1.165, 1.54) is 10.9 Å². The summed E-state index contributed by atoms with van der Waals surface area (Å²) in [6.07, 6.45) is 2.45. The van der Waals surface area contributed by atoms with Crippen molar-refractivity contribution in [2.24, 2.45) is 0 Å². The smallest absolute Gasteiger partial charge is 0.306 e. The molecule has 6 heteroatoms. The maximum absolute atomic E-state index is 10.3. The Morgan fingerprint density at radius 3 is 2.77 bits per heavy atom. The van der Waals surface area contributed by atoms with Gasteiger partial charge in [0, 0.05) is 0 Å². The fraction of sp³-hybridized carbons (Fsp3) is 0.571. The van der Waals surface area contributed by atoms with Gasteiger partial charge in [-0.05, 0) is 13.8 Å². The average Bonchev–Trinajstić information content (AvgIpc) is 2.31. The van der Waals surface area contributed by atoms with E-state index >= 15 is 0 Å². The largest absolute Gasteiger partial charge is 0.389 e. The second-order valence-corrected chi connectivity index (χ2v) is 3.47. The summed E-state index contributed by atoms with van der Waals surface area (Å²) in [7, 11) is 0. The molecule has 0 aliphatic heterocycles. The number of nitro groups is 1. The Balaban J connectivity index is 2.75. The van der Waals surface area contributed by atoms with Gasteiger partial charge in [0.1, 0.15) is 12.4 Å². The monoisotopic (exact) mass is 185 g/mol. The lowest BCUT2D eigenvalue weighted by atomic mass is 10.1. The molecule has 72 valence electrons. The topological polar surface area (TPSA) is 81.2 Å². The highest BCUT2D eigenvalue weighted by Crippen LogP contribution is 2.11. The molecule has 0 fully saturated rings. The van der Waals surface area contributed by atoms with Crippen molar-refractivity contribution in [3.05, 3.63) is 22.5 Å². The molecule has 0 aliphatic rings. The van der Waals surface area contributed by atoms with Gasteiger partial charge in [0.25, 0.3) is 0 Å². The van der Waals surface area contributed by atoms with Gasteiger partial charge in [-0.2, -0.15) is 5.10 Å². The van der Waals surface area contributed by atoms with Gasteiger partial charge in [-0.1, -0.05) is 0 Å². The number of hydrogen-bond acceptors (Lipinski definition) is 4. The van der Waals surface area contributed by atoms with Gasteiger partial charge in [-0.15, -0.1) is 0 Å². The molecule has 1 aromatic rings. The van der Waals surface area contributed by atoms with Crippen molar-refractivity contribution in [3.63, 3.8) is 0 Å². The van der Waals surface area contributed by atoms with Crippen molar-refractivity contribution >= 4 is 5.69 Å². The third-order valence-electron chi connectivity index (χ3n) is 1.38. The molecule has 0 atom stereocenters. The van der Waals surface area contributed by atoms with E-state index in [2.05, 4.69) is 5.10 Å². The van der Waals surface area contributed by atoms with Crippen LogP contribution in [0.3, 0.4) is 0 Å². The van der Waals surface area contributed by atoms with E-state index in [9.17, 15) is 15.2 Å². The van der Waals surface area contributed by atoms with Crippen LogP contribution in [-0.2, 0) is 6.54 Å². The van der Waals surface area contributed by atoms with Crippen LogP contribution < -0.4 is 0 Å². The minimum Gasteiger partial charge on any atom is -0.389 e. The molecule has 13 heavy (non-hydrogen) atoms. The molecule has 0 unspecified atom stereocenters. The fourth-order valence-electron chi connectivity index (χ4n) is 0.930. The summed E-state index contributed by atoms with van der Waals surface area (Å²) in [5.74, 6) is 0. The zero-order valence-electron chi connectivity index (χ0n) is 7.47. The van der Waals surface area contributed by atoms with Crippen LogP contribution in [0.25, 0.3) is 0 Å². The maximum atomic E-state index is 10.3. The minimum atomic E-state index is -0.917. The van der Waals surface area contributed by atoms with Crippen molar-refractivity contribution in [1.29, 1.82) is 0 Å². The lowest BCUT2D eigenvalue weighted by Crippen LogP contribution is -2.26. The SMILES string of the molecule is CC(C)(O)Cn1cc([N+](=O)[O-])cn1. The number of nitrogens with zero attached hydrogens (tertiary/aromatic N) is 3. The van der Waals surface area contributed by atoms with Crippen LogP contribution in [0.1, 0.15) is 13.8 Å². The number of aliphatic hydroxyl groups is 1. The zero-order valence-corrected chi connectivity index (χ0v) is 7.47. The van der Waals surface area contributed by atoms with Crippen molar-refractivity contribution < 1.29 is 10.0 Å². The quantitative estimate of drug-likeness (QED) is 0.551. The molecule has 0 saturated heterocycles. The molecule has 0 radical (unpaired) electrons. The van der Waals surface area contributed by atoms with E-state index < -0.39 is 10.5 Å². The van der Waals surface area contributed by atoms with E-state index in [1.54, 1.807) is 13.8 Å². The number of aromatic nitrogens is 2. The maximum Gasteiger partial charge on any atom is 0.306 e. The van der Waals surface area contributed by atoms with Crippen molar-refractivity contribution in [2.75, 3.05) is 0 Å². The van der Waals surface area contributed by atoms with Crippen LogP contribution in [0.4, 0.5) is 5.69 Å². The van der Waals surface area contributed by atoms with E-state index in [-0.39, 0.29) is 12.2 Å². The Labute approximate surface area is 74.9 Å². The molecular formula is C7H11N3O3. The van der Waals surface area contributed by atoms with E-state index in [4.69, 9.17) is 0 Å². The summed E-state index contributed by atoms with van der Waals surface area (Å²) < 4.78 is 1.35. The fourth-order valence-corrected chi connectivity index (χ4v) is 0.930. The van der Waals surface area contributed by atoms with Crippen LogP contribution >= 0.6 is 0 Å². The molecule has 6 nitrogen and oxygen atoms in total. The van der Waals surface area contributed by atoms with Gasteiger partial charge in [-0.25, -0.2) is 0 Å². The number of rotatable bonds is 3. The average molecular weight is 185 g/mol. The van der Waals surface area contributed by atoms with Crippen LogP contribution in [0.2, 0.25) is 0 Å². The summed E-state index contributed by atoms with van der Waals surface area (Å²) in [6.45, 7) is 3.46. The molecule has 0 spiro atoms. The normalized spacial score (nSPS) is 11.6. The van der Waals surface area contributed by atoms with Crippen LogP contribution in [-0.4, -0.2) is 25.4 Å². The molecule has 0 bridgehead atoms. The van der Waals surface area contributed by atoms with Gasteiger partial charge >= 0.3 is 5.69 Å². The standard InChI is InChI=1S/C7H11N3O3/c1-7(2,11)5-9-4-6(3-8-9)10(12)13/h3-4,11H,5H2,1-2H3. The predicted molar refractivity (Wildman–Crippen MR) is 45.2 cm³/mol. The first-order chi connectivity index (χ1) is 5.88. The Morgan fingerprint density at radius 1 is 1.77 bits per heavy atom. The zero-order chi connectivity index (χ0) is 10.1. The Morgan fingerprint density at radius 2 is 2.38 bits per heavy atom. The van der Waals surface area contributed by atoms with Crippen molar-refractivity contribution in [3.8, 4) is 0 Å². The molecule has 1 heterocycles. The summed E-state index contributed by atoms with van der Waals surface area (Å²) >= 11 is 0. The minimum absolute atomic E-state index is 0.0655. The third kappa shape index (κ3) is 2.83. The molecule has 1 aromatic heterocycles. The van der Waals surface area contributed by atoms with Gasteiger partial charge in [-0.3, -0.25) is 14.8 Å². The molecule has 1 rings (SSSR count). The number of hydrogen-bond donors (Lipinski definition) is 1. The molecule has 0 aliphatic carbocycles. The molecular weight excluding hydrogens is 174 g/mol. The second kappa shape index (κ2) is 3.14. The van der Waals surface area contributed by atoms with E-state index in [0.29, 0.717) is 0 Å². The van der Waals surface area contributed by atoms with Crippen LogP contribution in [0.5, 0.6) is 0 Å². The Hall–Kier alpha value is -1.43. The van der Waals surface area contributed by atoms with Crippen molar-refractivity contribution in [1.82, 2.24) is 9.78 Å². The summed E-state index contributed by atoms with van der Waals surface area (Å²) in [4.78, 5) is 9.75. The summed E-state index contributed by atoms with van der Waals surface area (Å²) in [5, 5.41) is 23.4. The first-order valence-corrected chi connectivity index (χ1v) is 3.78. The van der Waals surface area contributed by atoms with Crippen LogP contribution in [0, 0.1) is 10.1 Å². The highest BCUT2D eigenvalue weighted by atomic mass is 16.6. The highest BCUT2D eigenvalue weighted by molar-refractivity contribution is 5.20. The first-order valence-electron chi connectivity index (χ1n) is 3.78. The summed E-state index contributed by atoms with van der Waals surface area (Å²) in [6, 6.07) is 0. The molecule has 1 N–H and O–H groups in total.